The van der Waals surface area contributed by atoms with Crippen molar-refractivity contribution >= 4 is 29.1 Å². The van der Waals surface area contributed by atoms with Gasteiger partial charge in [0, 0.05) is 17.6 Å². The predicted molar refractivity (Wildman–Crippen MR) is 87.6 cm³/mol. The molecule has 23 heavy (non-hydrogen) atoms. The number of anilines is 1. The normalized spacial score (nSPS) is 13.3. The number of carbonyl (C=O) groups excluding carboxylic acids is 2. The number of halogens is 1. The zero-order chi connectivity index (χ0) is 16.2. The molecule has 1 aliphatic heterocycles. The minimum absolute atomic E-state index is 0.0519. The molecule has 0 saturated heterocycles. The fraction of sp³-hybridized carbons (Fsp3) is 0.176. The van der Waals surface area contributed by atoms with E-state index in [1.165, 1.54) is 4.90 Å². The molecule has 0 fully saturated rings. The van der Waals surface area contributed by atoms with Gasteiger partial charge in [-0.1, -0.05) is 41.9 Å². The fourth-order valence-corrected chi connectivity index (χ4v) is 2.51. The first-order valence-corrected chi connectivity index (χ1v) is 7.54. The lowest BCUT2D eigenvalue weighted by molar-refractivity contribution is -0.125. The van der Waals surface area contributed by atoms with E-state index in [0.29, 0.717) is 23.0 Å². The molecule has 0 spiro atoms. The molecule has 2 amide bonds. The number of carbonyl (C=O) groups is 2. The Labute approximate surface area is 138 Å². The van der Waals surface area contributed by atoms with Gasteiger partial charge in [-0.25, -0.2) is 0 Å². The Morgan fingerprint density at radius 3 is 2.78 bits per heavy atom. The van der Waals surface area contributed by atoms with Gasteiger partial charge in [0.15, 0.2) is 6.61 Å². The van der Waals surface area contributed by atoms with E-state index >= 15 is 0 Å². The van der Waals surface area contributed by atoms with Crippen LogP contribution in [0.2, 0.25) is 5.02 Å². The Kier molecular flexibility index (Phi) is 4.48. The minimum atomic E-state index is -0.255. The van der Waals surface area contributed by atoms with Gasteiger partial charge in [-0.05, 0) is 17.7 Å². The van der Waals surface area contributed by atoms with Crippen LogP contribution >= 0.6 is 11.6 Å². The smallest absolute Gasteiger partial charge is 0.265 e. The summed E-state index contributed by atoms with van der Waals surface area (Å²) in [7, 11) is 0. The number of nitrogens with zero attached hydrogens (tertiary/aromatic N) is 1. The Morgan fingerprint density at radius 2 is 2.00 bits per heavy atom. The predicted octanol–water partition coefficient (Wildman–Crippen LogP) is 2.38. The summed E-state index contributed by atoms with van der Waals surface area (Å²) in [5, 5.41) is 3.33. The highest BCUT2D eigenvalue weighted by Gasteiger charge is 2.27. The second kappa shape index (κ2) is 6.71. The first-order chi connectivity index (χ1) is 11.1. The van der Waals surface area contributed by atoms with Crippen LogP contribution in [0, 0.1) is 0 Å². The molecule has 0 aliphatic carbocycles. The van der Waals surface area contributed by atoms with Crippen LogP contribution in [0.3, 0.4) is 0 Å². The molecule has 0 atom stereocenters. The van der Waals surface area contributed by atoms with Gasteiger partial charge in [0.05, 0.1) is 5.69 Å². The lowest BCUT2D eigenvalue weighted by Crippen LogP contribution is -2.45. The van der Waals surface area contributed by atoms with E-state index in [1.807, 2.05) is 30.3 Å². The summed E-state index contributed by atoms with van der Waals surface area (Å²) in [5.74, 6) is 0.0210. The molecule has 0 saturated carbocycles. The molecule has 2 aromatic rings. The molecule has 0 bridgehead atoms. The minimum Gasteiger partial charge on any atom is -0.482 e. The molecule has 6 heteroatoms. The van der Waals surface area contributed by atoms with Crippen molar-refractivity contribution in [3.05, 3.63) is 59.1 Å². The summed E-state index contributed by atoms with van der Waals surface area (Å²) in [6.07, 6.45) is 0. The van der Waals surface area contributed by atoms with E-state index in [0.717, 1.165) is 5.56 Å². The molecule has 1 N–H and O–H groups in total. The van der Waals surface area contributed by atoms with Crippen molar-refractivity contribution in [2.45, 2.75) is 6.54 Å². The highest BCUT2D eigenvalue weighted by molar-refractivity contribution is 6.30. The van der Waals surface area contributed by atoms with E-state index < -0.39 is 0 Å². The van der Waals surface area contributed by atoms with Gasteiger partial charge in [0.2, 0.25) is 5.91 Å². The quantitative estimate of drug-likeness (QED) is 0.936. The van der Waals surface area contributed by atoms with Crippen LogP contribution in [-0.2, 0) is 16.1 Å². The average Bonchev–Trinajstić information content (AvgIpc) is 2.56. The van der Waals surface area contributed by atoms with E-state index in [2.05, 4.69) is 5.32 Å². The topological polar surface area (TPSA) is 58.6 Å². The number of ether oxygens (including phenoxy) is 1. The van der Waals surface area contributed by atoms with Crippen LogP contribution in [-0.4, -0.2) is 25.0 Å². The SMILES string of the molecule is O=C(CN1C(=O)COc2cc(Cl)ccc21)NCc1ccccc1. The average molecular weight is 331 g/mol. The van der Waals surface area contributed by atoms with Crippen LogP contribution < -0.4 is 15.0 Å². The third kappa shape index (κ3) is 3.63. The van der Waals surface area contributed by atoms with Crippen molar-refractivity contribution in [2.24, 2.45) is 0 Å². The Morgan fingerprint density at radius 1 is 1.22 bits per heavy atom. The molecule has 0 unspecified atom stereocenters. The van der Waals surface area contributed by atoms with Gasteiger partial charge < -0.3 is 10.1 Å². The number of rotatable bonds is 4. The Balaban J connectivity index is 1.67. The van der Waals surface area contributed by atoms with E-state index in [9.17, 15) is 9.59 Å². The first-order valence-electron chi connectivity index (χ1n) is 7.17. The van der Waals surface area contributed by atoms with Crippen LogP contribution in [0.5, 0.6) is 5.75 Å². The molecule has 118 valence electrons. The number of amides is 2. The molecular formula is C17H15ClN2O3. The Hall–Kier alpha value is -2.53. The van der Waals surface area contributed by atoms with Crippen molar-refractivity contribution in [3.63, 3.8) is 0 Å². The number of nitrogens with one attached hydrogen (secondary N) is 1. The zero-order valence-corrected chi connectivity index (χ0v) is 13.0. The molecular weight excluding hydrogens is 316 g/mol. The van der Waals surface area contributed by atoms with Crippen LogP contribution in [0.4, 0.5) is 5.69 Å². The second-order valence-corrected chi connectivity index (χ2v) is 5.58. The van der Waals surface area contributed by atoms with Gasteiger partial charge in [-0.15, -0.1) is 0 Å². The molecule has 5 nitrogen and oxygen atoms in total. The van der Waals surface area contributed by atoms with Gasteiger partial charge in [-0.3, -0.25) is 14.5 Å². The summed E-state index contributed by atoms with van der Waals surface area (Å²) in [4.78, 5) is 25.6. The molecule has 2 aromatic carbocycles. The third-order valence-electron chi connectivity index (χ3n) is 3.50. The van der Waals surface area contributed by atoms with Crippen LogP contribution in [0.1, 0.15) is 5.56 Å². The summed E-state index contributed by atoms with van der Waals surface area (Å²) in [5.41, 5.74) is 1.56. The fourth-order valence-electron chi connectivity index (χ4n) is 2.35. The van der Waals surface area contributed by atoms with Gasteiger partial charge in [-0.2, -0.15) is 0 Å². The largest absolute Gasteiger partial charge is 0.482 e. The van der Waals surface area contributed by atoms with Crippen molar-refractivity contribution in [1.82, 2.24) is 5.32 Å². The monoisotopic (exact) mass is 330 g/mol. The summed E-state index contributed by atoms with van der Waals surface area (Å²) < 4.78 is 5.35. The molecule has 0 radical (unpaired) electrons. The summed E-state index contributed by atoms with van der Waals surface area (Å²) in [6.45, 7) is 0.272. The maximum atomic E-state index is 12.1. The molecule has 3 rings (SSSR count). The summed E-state index contributed by atoms with van der Waals surface area (Å²) in [6, 6.07) is 14.6. The van der Waals surface area contributed by atoms with E-state index in [1.54, 1.807) is 18.2 Å². The second-order valence-electron chi connectivity index (χ2n) is 5.14. The van der Waals surface area contributed by atoms with Crippen molar-refractivity contribution in [2.75, 3.05) is 18.1 Å². The number of hydrogen-bond acceptors (Lipinski definition) is 3. The maximum Gasteiger partial charge on any atom is 0.265 e. The van der Waals surface area contributed by atoms with E-state index in [-0.39, 0.29) is 25.0 Å². The number of benzene rings is 2. The first kappa shape index (κ1) is 15.4. The van der Waals surface area contributed by atoms with Gasteiger partial charge >= 0.3 is 0 Å². The highest BCUT2D eigenvalue weighted by Crippen LogP contribution is 2.34. The van der Waals surface area contributed by atoms with Crippen molar-refractivity contribution in [1.29, 1.82) is 0 Å². The van der Waals surface area contributed by atoms with E-state index in [4.69, 9.17) is 16.3 Å². The molecule has 1 heterocycles. The zero-order valence-electron chi connectivity index (χ0n) is 12.3. The van der Waals surface area contributed by atoms with Gasteiger partial charge in [0.1, 0.15) is 12.3 Å². The standard InChI is InChI=1S/C17H15ClN2O3/c18-13-6-7-14-15(8-13)23-11-17(22)20(14)10-16(21)19-9-12-4-2-1-3-5-12/h1-8H,9-11H2,(H,19,21). The maximum absolute atomic E-state index is 12.1. The summed E-state index contributed by atoms with van der Waals surface area (Å²) >= 11 is 5.92. The van der Waals surface area contributed by atoms with Gasteiger partial charge in [0.25, 0.3) is 5.91 Å². The highest BCUT2D eigenvalue weighted by atomic mass is 35.5. The number of fused-ring (bicyclic) bond motifs is 1. The molecule has 1 aliphatic rings. The molecule has 0 aromatic heterocycles. The Bertz CT molecular complexity index is 734. The third-order valence-corrected chi connectivity index (χ3v) is 3.73. The van der Waals surface area contributed by atoms with Crippen LogP contribution in [0.25, 0.3) is 0 Å². The van der Waals surface area contributed by atoms with Crippen molar-refractivity contribution < 1.29 is 14.3 Å². The van der Waals surface area contributed by atoms with Crippen molar-refractivity contribution in [3.8, 4) is 5.75 Å². The lowest BCUT2D eigenvalue weighted by Gasteiger charge is -2.28. The lowest BCUT2D eigenvalue weighted by atomic mass is 10.2. The van der Waals surface area contributed by atoms with Crippen LogP contribution in [0.15, 0.2) is 48.5 Å². The number of hydrogen-bond donors (Lipinski definition) is 1.